The van der Waals surface area contributed by atoms with E-state index in [1.54, 1.807) is 18.2 Å². The van der Waals surface area contributed by atoms with Crippen LogP contribution in [0.15, 0.2) is 36.5 Å². The number of halogens is 3. The van der Waals surface area contributed by atoms with Crippen LogP contribution in [0.4, 0.5) is 24.8 Å². The van der Waals surface area contributed by atoms with E-state index in [4.69, 9.17) is 14.2 Å². The van der Waals surface area contributed by atoms with Crippen molar-refractivity contribution >= 4 is 11.6 Å². The first-order valence-corrected chi connectivity index (χ1v) is 8.01. The van der Waals surface area contributed by atoms with E-state index in [1.807, 2.05) is 0 Å². The van der Waals surface area contributed by atoms with E-state index in [0.717, 1.165) is 12.1 Å². The summed E-state index contributed by atoms with van der Waals surface area (Å²) in [6.07, 6.45) is 1.46. The Kier molecular flexibility index (Phi) is 5.53. The summed E-state index contributed by atoms with van der Waals surface area (Å²) in [5.74, 6) is -2.81. The molecule has 146 valence electrons. The number of aromatic nitrogens is 2. The zero-order valence-electron chi connectivity index (χ0n) is 15.2. The number of rotatable bonds is 6. The molecule has 0 amide bonds. The fourth-order valence-corrected chi connectivity index (χ4v) is 2.57. The lowest BCUT2D eigenvalue weighted by molar-refractivity contribution is 0.324. The van der Waals surface area contributed by atoms with Crippen molar-refractivity contribution < 1.29 is 27.4 Å². The largest absolute Gasteiger partial charge is 0.493 e. The van der Waals surface area contributed by atoms with Crippen molar-refractivity contribution in [1.29, 1.82) is 0 Å². The lowest BCUT2D eigenvalue weighted by Crippen LogP contribution is -2.01. The van der Waals surface area contributed by atoms with Crippen molar-refractivity contribution in [3.8, 4) is 28.5 Å². The highest BCUT2D eigenvalue weighted by Gasteiger charge is 2.16. The molecule has 3 rings (SSSR count). The van der Waals surface area contributed by atoms with Gasteiger partial charge in [0.25, 0.3) is 0 Å². The first kappa shape index (κ1) is 19.3. The third-order valence-corrected chi connectivity index (χ3v) is 3.86. The van der Waals surface area contributed by atoms with Crippen molar-refractivity contribution in [2.45, 2.75) is 0 Å². The van der Waals surface area contributed by atoms with E-state index in [-0.39, 0.29) is 11.6 Å². The minimum Gasteiger partial charge on any atom is -0.493 e. The van der Waals surface area contributed by atoms with Crippen LogP contribution in [0.2, 0.25) is 0 Å². The van der Waals surface area contributed by atoms with Crippen LogP contribution in [0, 0.1) is 17.5 Å². The number of anilines is 2. The van der Waals surface area contributed by atoms with Gasteiger partial charge in [-0.25, -0.2) is 23.1 Å². The Balaban J connectivity index is 1.98. The summed E-state index contributed by atoms with van der Waals surface area (Å²) in [6.45, 7) is 0. The van der Waals surface area contributed by atoms with Gasteiger partial charge in [0.05, 0.1) is 27.0 Å². The minimum atomic E-state index is -1.54. The first-order chi connectivity index (χ1) is 13.5. The molecule has 3 aromatic rings. The molecule has 9 heteroatoms. The monoisotopic (exact) mass is 391 g/mol. The van der Waals surface area contributed by atoms with Crippen molar-refractivity contribution in [1.82, 2.24) is 9.97 Å². The molecule has 0 aliphatic carbocycles. The summed E-state index contributed by atoms with van der Waals surface area (Å²) in [6, 6.07) is 6.66. The lowest BCUT2D eigenvalue weighted by Gasteiger charge is -2.14. The summed E-state index contributed by atoms with van der Waals surface area (Å²) < 4.78 is 55.8. The van der Waals surface area contributed by atoms with Gasteiger partial charge in [0, 0.05) is 29.6 Å². The summed E-state index contributed by atoms with van der Waals surface area (Å²) >= 11 is 0. The molecule has 0 unspecified atom stereocenters. The molecule has 0 aliphatic heterocycles. The zero-order chi connectivity index (χ0) is 20.3. The Labute approximate surface area is 158 Å². The van der Waals surface area contributed by atoms with E-state index in [0.29, 0.717) is 28.5 Å². The summed E-state index contributed by atoms with van der Waals surface area (Å²) in [4.78, 5) is 8.33. The van der Waals surface area contributed by atoms with Gasteiger partial charge < -0.3 is 19.5 Å². The second-order valence-electron chi connectivity index (χ2n) is 5.56. The van der Waals surface area contributed by atoms with Crippen molar-refractivity contribution in [3.05, 3.63) is 54.0 Å². The van der Waals surface area contributed by atoms with Gasteiger partial charge >= 0.3 is 0 Å². The van der Waals surface area contributed by atoms with Crippen LogP contribution in [0.3, 0.4) is 0 Å². The number of hydrogen-bond donors (Lipinski definition) is 1. The summed E-state index contributed by atoms with van der Waals surface area (Å²) in [5, 5.41) is 2.65. The van der Waals surface area contributed by atoms with E-state index < -0.39 is 17.5 Å². The van der Waals surface area contributed by atoms with E-state index >= 15 is 0 Å². The zero-order valence-corrected chi connectivity index (χ0v) is 15.2. The van der Waals surface area contributed by atoms with E-state index in [2.05, 4.69) is 15.3 Å². The second kappa shape index (κ2) is 8.03. The van der Waals surface area contributed by atoms with Crippen LogP contribution in [-0.2, 0) is 0 Å². The molecular weight excluding hydrogens is 375 g/mol. The highest BCUT2D eigenvalue weighted by Crippen LogP contribution is 2.40. The molecule has 0 saturated heterocycles. The predicted octanol–water partition coefficient (Wildman–Crippen LogP) is 4.33. The van der Waals surface area contributed by atoms with Gasteiger partial charge in [-0.15, -0.1) is 0 Å². The Morgan fingerprint density at radius 3 is 2.00 bits per heavy atom. The Bertz CT molecular complexity index is 967. The first-order valence-electron chi connectivity index (χ1n) is 8.01. The molecule has 0 spiro atoms. The van der Waals surface area contributed by atoms with Crippen molar-refractivity contribution in [2.24, 2.45) is 0 Å². The van der Waals surface area contributed by atoms with Gasteiger partial charge in [-0.05, 0) is 18.2 Å². The minimum absolute atomic E-state index is 0.0292. The Morgan fingerprint density at radius 2 is 1.46 bits per heavy atom. The summed E-state index contributed by atoms with van der Waals surface area (Å²) in [7, 11) is 4.48. The highest BCUT2D eigenvalue weighted by molar-refractivity contribution is 5.69. The van der Waals surface area contributed by atoms with E-state index in [1.165, 1.54) is 27.5 Å². The van der Waals surface area contributed by atoms with Crippen LogP contribution < -0.4 is 19.5 Å². The summed E-state index contributed by atoms with van der Waals surface area (Å²) in [5.41, 5.74) is 1.09. The van der Waals surface area contributed by atoms with Crippen LogP contribution in [0.1, 0.15) is 0 Å². The average molecular weight is 391 g/mol. The Hall–Kier alpha value is -3.49. The second-order valence-corrected chi connectivity index (χ2v) is 5.56. The maximum Gasteiger partial charge on any atom is 0.227 e. The Morgan fingerprint density at radius 1 is 0.857 bits per heavy atom. The molecule has 6 nitrogen and oxygen atoms in total. The third-order valence-electron chi connectivity index (χ3n) is 3.86. The van der Waals surface area contributed by atoms with Crippen molar-refractivity contribution in [3.63, 3.8) is 0 Å². The fraction of sp³-hybridized carbons (Fsp3) is 0.158. The standard InChI is InChI=1S/C19H16F3N3O3/c1-26-15-6-10(7-16(27-2)18(15)28-3)14-4-5-23-19(25-14)24-11-8-12(20)17(22)13(21)9-11/h4-9H,1-3H3,(H,23,24,25). The van der Waals surface area contributed by atoms with Crippen molar-refractivity contribution in [2.75, 3.05) is 26.6 Å². The number of nitrogens with zero attached hydrogens (tertiary/aromatic N) is 2. The normalized spacial score (nSPS) is 10.5. The van der Waals surface area contributed by atoms with Gasteiger partial charge in [0.15, 0.2) is 29.0 Å². The quantitative estimate of drug-likeness (QED) is 0.631. The molecule has 0 radical (unpaired) electrons. The molecule has 28 heavy (non-hydrogen) atoms. The molecule has 0 saturated carbocycles. The number of benzene rings is 2. The van der Waals surface area contributed by atoms with Gasteiger partial charge in [0.2, 0.25) is 11.7 Å². The molecule has 0 atom stereocenters. The molecule has 2 aromatic carbocycles. The van der Waals surface area contributed by atoms with Crippen LogP contribution in [0.5, 0.6) is 17.2 Å². The number of ether oxygens (including phenoxy) is 3. The van der Waals surface area contributed by atoms with Crippen LogP contribution in [-0.4, -0.2) is 31.3 Å². The maximum absolute atomic E-state index is 13.4. The predicted molar refractivity (Wildman–Crippen MR) is 96.7 cm³/mol. The van der Waals surface area contributed by atoms with Crippen LogP contribution >= 0.6 is 0 Å². The number of methoxy groups -OCH3 is 3. The smallest absolute Gasteiger partial charge is 0.227 e. The molecular formula is C19H16F3N3O3. The van der Waals surface area contributed by atoms with Gasteiger partial charge in [-0.1, -0.05) is 0 Å². The molecule has 0 fully saturated rings. The lowest BCUT2D eigenvalue weighted by atomic mass is 10.1. The molecule has 1 heterocycles. The van der Waals surface area contributed by atoms with E-state index in [9.17, 15) is 13.2 Å². The molecule has 0 aliphatic rings. The molecule has 1 aromatic heterocycles. The van der Waals surface area contributed by atoms with Gasteiger partial charge in [-0.3, -0.25) is 0 Å². The topological polar surface area (TPSA) is 65.5 Å². The third kappa shape index (κ3) is 3.78. The number of hydrogen-bond acceptors (Lipinski definition) is 6. The highest BCUT2D eigenvalue weighted by atomic mass is 19.2. The number of nitrogens with one attached hydrogen (secondary N) is 1. The average Bonchev–Trinajstić information content (AvgIpc) is 2.70. The molecule has 0 bridgehead atoms. The van der Waals surface area contributed by atoms with Crippen LogP contribution in [0.25, 0.3) is 11.3 Å². The molecule has 1 N–H and O–H groups in total. The fourth-order valence-electron chi connectivity index (χ4n) is 2.57. The SMILES string of the molecule is COc1cc(-c2ccnc(Nc3cc(F)c(F)c(F)c3)n2)cc(OC)c1OC. The van der Waals surface area contributed by atoms with Gasteiger partial charge in [0.1, 0.15) is 0 Å². The van der Waals surface area contributed by atoms with Gasteiger partial charge in [-0.2, -0.15) is 0 Å². The maximum atomic E-state index is 13.4.